The van der Waals surface area contributed by atoms with Gasteiger partial charge in [0.05, 0.1) is 12.8 Å². The van der Waals surface area contributed by atoms with Crippen molar-refractivity contribution in [1.82, 2.24) is 5.43 Å². The number of benzene rings is 2. The minimum Gasteiger partial charge on any atom is -0.497 e. The van der Waals surface area contributed by atoms with Crippen LogP contribution in [0.5, 0.6) is 11.5 Å². The highest BCUT2D eigenvalue weighted by molar-refractivity contribution is 5.99. The number of nitrogens with one attached hydrogen (secondary N) is 1. The lowest BCUT2D eigenvalue weighted by Gasteiger charge is -2.06. The number of hydrogen-bond acceptors (Lipinski definition) is 4. The molecule has 0 fully saturated rings. The molecule has 0 saturated carbocycles. The second-order valence-electron chi connectivity index (χ2n) is 4.56. The van der Waals surface area contributed by atoms with Crippen LogP contribution >= 0.6 is 0 Å². The van der Waals surface area contributed by atoms with E-state index >= 15 is 0 Å². The zero-order valence-electron chi connectivity index (χ0n) is 12.6. The van der Waals surface area contributed by atoms with Crippen LogP contribution in [0.1, 0.15) is 12.5 Å². The maximum absolute atomic E-state index is 11.7. The maximum atomic E-state index is 11.7. The Morgan fingerprint density at radius 2 is 1.68 bits per heavy atom. The predicted octanol–water partition coefficient (Wildman–Crippen LogP) is 2.61. The first-order valence-corrected chi connectivity index (χ1v) is 6.84. The predicted molar refractivity (Wildman–Crippen MR) is 85.3 cm³/mol. The van der Waals surface area contributed by atoms with E-state index in [-0.39, 0.29) is 12.5 Å². The highest BCUT2D eigenvalue weighted by atomic mass is 16.5. The fourth-order valence-corrected chi connectivity index (χ4v) is 1.74. The Bertz CT molecular complexity index is 637. The van der Waals surface area contributed by atoms with Crippen molar-refractivity contribution in [2.24, 2.45) is 5.10 Å². The second kappa shape index (κ2) is 7.83. The summed E-state index contributed by atoms with van der Waals surface area (Å²) in [5.41, 5.74) is 4.16. The van der Waals surface area contributed by atoms with Gasteiger partial charge in [-0.3, -0.25) is 4.79 Å². The number of nitrogens with zero attached hydrogens (tertiary/aromatic N) is 1. The summed E-state index contributed by atoms with van der Waals surface area (Å²) in [6.45, 7) is 1.73. The molecule has 0 aliphatic heterocycles. The summed E-state index contributed by atoms with van der Waals surface area (Å²) < 4.78 is 10.4. The molecule has 114 valence electrons. The van der Waals surface area contributed by atoms with E-state index in [0.29, 0.717) is 5.75 Å². The molecular formula is C17H18N2O3. The van der Waals surface area contributed by atoms with Crippen molar-refractivity contribution in [2.75, 3.05) is 13.7 Å². The van der Waals surface area contributed by atoms with Crippen LogP contribution in [0, 0.1) is 0 Å². The number of hydrazone groups is 1. The van der Waals surface area contributed by atoms with Crippen molar-refractivity contribution in [3.05, 3.63) is 60.2 Å². The number of methoxy groups -OCH3 is 1. The lowest BCUT2D eigenvalue weighted by Crippen LogP contribution is -2.25. The van der Waals surface area contributed by atoms with E-state index in [1.54, 1.807) is 31.4 Å². The van der Waals surface area contributed by atoms with E-state index in [1.165, 1.54) is 0 Å². The van der Waals surface area contributed by atoms with E-state index in [1.807, 2.05) is 37.3 Å². The molecule has 0 aliphatic carbocycles. The van der Waals surface area contributed by atoms with E-state index in [9.17, 15) is 4.79 Å². The Labute approximate surface area is 129 Å². The molecular weight excluding hydrogens is 280 g/mol. The number of amides is 1. The Morgan fingerprint density at radius 3 is 2.32 bits per heavy atom. The smallest absolute Gasteiger partial charge is 0.277 e. The molecule has 1 amide bonds. The van der Waals surface area contributed by atoms with Gasteiger partial charge in [0.25, 0.3) is 5.91 Å². The molecule has 2 rings (SSSR count). The van der Waals surface area contributed by atoms with E-state index in [2.05, 4.69) is 10.5 Å². The summed E-state index contributed by atoms with van der Waals surface area (Å²) in [5.74, 6) is 1.02. The number of carbonyl (C=O) groups excluding carboxylic acids is 1. The summed E-state index contributed by atoms with van der Waals surface area (Å²) in [5, 5.41) is 4.05. The highest BCUT2D eigenvalue weighted by Gasteiger charge is 2.03. The maximum Gasteiger partial charge on any atom is 0.277 e. The Hall–Kier alpha value is -2.82. The molecule has 1 N–H and O–H groups in total. The van der Waals surface area contributed by atoms with E-state index < -0.39 is 0 Å². The quantitative estimate of drug-likeness (QED) is 0.659. The minimum atomic E-state index is -0.314. The SMILES string of the molecule is COc1ccc(OCC(=O)N/N=C(/C)c2ccccc2)cc1. The number of hydrogen-bond donors (Lipinski definition) is 1. The van der Waals surface area contributed by atoms with Gasteiger partial charge in [0.1, 0.15) is 11.5 Å². The lowest BCUT2D eigenvalue weighted by atomic mass is 10.1. The molecule has 0 spiro atoms. The van der Waals surface area contributed by atoms with Crippen LogP contribution in [-0.2, 0) is 4.79 Å². The van der Waals surface area contributed by atoms with Crippen molar-refractivity contribution < 1.29 is 14.3 Å². The normalized spacial score (nSPS) is 10.9. The van der Waals surface area contributed by atoms with Crippen molar-refractivity contribution in [1.29, 1.82) is 0 Å². The average molecular weight is 298 g/mol. The average Bonchev–Trinajstić information content (AvgIpc) is 2.59. The molecule has 0 aromatic heterocycles. The van der Waals surface area contributed by atoms with Crippen LogP contribution in [0.25, 0.3) is 0 Å². The molecule has 0 atom stereocenters. The summed E-state index contributed by atoms with van der Waals surface area (Å²) in [6, 6.07) is 16.6. The van der Waals surface area contributed by atoms with Gasteiger partial charge in [0.2, 0.25) is 0 Å². The molecule has 0 radical (unpaired) electrons. The van der Waals surface area contributed by atoms with Gasteiger partial charge >= 0.3 is 0 Å². The minimum absolute atomic E-state index is 0.0993. The molecule has 0 heterocycles. The topological polar surface area (TPSA) is 59.9 Å². The van der Waals surface area contributed by atoms with Crippen molar-refractivity contribution in [3.63, 3.8) is 0 Å². The van der Waals surface area contributed by atoms with Gasteiger partial charge < -0.3 is 9.47 Å². The summed E-state index contributed by atoms with van der Waals surface area (Å²) in [6.07, 6.45) is 0. The second-order valence-corrected chi connectivity index (χ2v) is 4.56. The van der Waals surface area contributed by atoms with Gasteiger partial charge in [0.15, 0.2) is 6.61 Å². The monoisotopic (exact) mass is 298 g/mol. The van der Waals surface area contributed by atoms with Crippen LogP contribution in [0.3, 0.4) is 0 Å². The van der Waals surface area contributed by atoms with Gasteiger partial charge in [-0.2, -0.15) is 5.10 Å². The number of rotatable bonds is 6. The van der Waals surface area contributed by atoms with Crippen LogP contribution in [0.15, 0.2) is 59.7 Å². The lowest BCUT2D eigenvalue weighted by molar-refractivity contribution is -0.123. The van der Waals surface area contributed by atoms with E-state index in [0.717, 1.165) is 17.0 Å². The molecule has 2 aromatic rings. The molecule has 0 aliphatic rings. The van der Waals surface area contributed by atoms with E-state index in [4.69, 9.17) is 9.47 Å². The van der Waals surface area contributed by atoms with Gasteiger partial charge in [-0.15, -0.1) is 0 Å². The molecule has 22 heavy (non-hydrogen) atoms. The van der Waals surface area contributed by atoms with Crippen LogP contribution in [0.2, 0.25) is 0 Å². The van der Waals surface area contributed by atoms with Crippen molar-refractivity contribution in [3.8, 4) is 11.5 Å². The van der Waals surface area contributed by atoms with Gasteiger partial charge in [-0.25, -0.2) is 5.43 Å². The van der Waals surface area contributed by atoms with Crippen LogP contribution < -0.4 is 14.9 Å². The molecule has 2 aromatic carbocycles. The first kappa shape index (κ1) is 15.6. The fourth-order valence-electron chi connectivity index (χ4n) is 1.74. The number of carbonyl (C=O) groups is 1. The van der Waals surface area contributed by atoms with Crippen LogP contribution in [0.4, 0.5) is 0 Å². The molecule has 0 bridgehead atoms. The van der Waals surface area contributed by atoms with Gasteiger partial charge in [-0.1, -0.05) is 30.3 Å². The van der Waals surface area contributed by atoms with Gasteiger partial charge in [0, 0.05) is 0 Å². The largest absolute Gasteiger partial charge is 0.497 e. The molecule has 0 unspecified atom stereocenters. The van der Waals surface area contributed by atoms with Gasteiger partial charge in [-0.05, 0) is 36.8 Å². The fraction of sp³-hybridized carbons (Fsp3) is 0.176. The Balaban J connectivity index is 1.82. The molecule has 0 saturated heterocycles. The number of ether oxygens (including phenoxy) is 2. The first-order chi connectivity index (χ1) is 10.7. The third-order valence-electron chi connectivity index (χ3n) is 2.97. The standard InChI is InChI=1S/C17H18N2O3/c1-13(14-6-4-3-5-7-14)18-19-17(20)12-22-16-10-8-15(21-2)9-11-16/h3-11H,12H2,1-2H3,(H,19,20)/b18-13-. The van der Waals surface area contributed by atoms with Crippen molar-refractivity contribution >= 4 is 11.6 Å². The van der Waals surface area contributed by atoms with Crippen LogP contribution in [-0.4, -0.2) is 25.3 Å². The molecule has 5 heteroatoms. The zero-order chi connectivity index (χ0) is 15.8. The first-order valence-electron chi connectivity index (χ1n) is 6.84. The Kier molecular flexibility index (Phi) is 5.54. The molecule has 5 nitrogen and oxygen atoms in total. The third-order valence-corrected chi connectivity index (χ3v) is 2.97. The zero-order valence-corrected chi connectivity index (χ0v) is 12.6. The summed E-state index contributed by atoms with van der Waals surface area (Å²) in [7, 11) is 1.59. The summed E-state index contributed by atoms with van der Waals surface area (Å²) in [4.78, 5) is 11.7. The van der Waals surface area contributed by atoms with Crippen molar-refractivity contribution in [2.45, 2.75) is 6.92 Å². The third kappa shape index (κ3) is 4.63. The highest BCUT2D eigenvalue weighted by Crippen LogP contribution is 2.16. The summed E-state index contributed by atoms with van der Waals surface area (Å²) >= 11 is 0. The Morgan fingerprint density at radius 1 is 1.05 bits per heavy atom.